The van der Waals surface area contributed by atoms with E-state index in [4.69, 9.17) is 4.74 Å². The lowest BCUT2D eigenvalue weighted by molar-refractivity contribution is -0.139. The van der Waals surface area contributed by atoms with Gasteiger partial charge in [-0.25, -0.2) is 13.8 Å². The van der Waals surface area contributed by atoms with Crippen LogP contribution >= 0.6 is 0 Å². The SMILES string of the molecule is O=C1N(C2CCOCC2)CC[C@]12CCCN(c1ncc(F)cc1F)C2. The van der Waals surface area contributed by atoms with Gasteiger partial charge in [0.1, 0.15) is 5.82 Å². The van der Waals surface area contributed by atoms with Crippen molar-refractivity contribution in [1.29, 1.82) is 0 Å². The molecule has 136 valence electrons. The fourth-order valence-electron chi connectivity index (χ4n) is 4.52. The van der Waals surface area contributed by atoms with Crippen LogP contribution in [0.3, 0.4) is 0 Å². The molecule has 3 aliphatic rings. The molecule has 3 fully saturated rings. The van der Waals surface area contributed by atoms with Gasteiger partial charge in [-0.05, 0) is 32.1 Å². The molecule has 1 spiro atoms. The van der Waals surface area contributed by atoms with Crippen LogP contribution in [0.1, 0.15) is 32.1 Å². The molecule has 1 amide bonds. The fraction of sp³-hybridized carbons (Fsp3) is 0.667. The topological polar surface area (TPSA) is 45.7 Å². The Labute approximate surface area is 146 Å². The zero-order chi connectivity index (χ0) is 17.4. The molecule has 0 unspecified atom stereocenters. The van der Waals surface area contributed by atoms with Crippen molar-refractivity contribution in [2.24, 2.45) is 5.41 Å². The van der Waals surface area contributed by atoms with Gasteiger partial charge in [-0.3, -0.25) is 4.79 Å². The average Bonchev–Trinajstić information content (AvgIpc) is 2.92. The summed E-state index contributed by atoms with van der Waals surface area (Å²) in [5.41, 5.74) is -0.459. The maximum Gasteiger partial charge on any atom is 0.230 e. The van der Waals surface area contributed by atoms with E-state index in [1.54, 1.807) is 0 Å². The number of carbonyl (C=O) groups excluding carboxylic acids is 1. The minimum Gasteiger partial charge on any atom is -0.381 e. The second kappa shape index (κ2) is 6.52. The van der Waals surface area contributed by atoms with Crippen LogP contribution in [-0.4, -0.2) is 54.7 Å². The van der Waals surface area contributed by atoms with Gasteiger partial charge in [0.05, 0.1) is 11.6 Å². The molecule has 0 N–H and O–H groups in total. The zero-order valence-corrected chi connectivity index (χ0v) is 14.2. The number of ether oxygens (including phenoxy) is 1. The summed E-state index contributed by atoms with van der Waals surface area (Å²) in [4.78, 5) is 20.9. The van der Waals surface area contributed by atoms with E-state index in [0.717, 1.165) is 50.9 Å². The van der Waals surface area contributed by atoms with Gasteiger partial charge in [0, 0.05) is 45.0 Å². The Morgan fingerprint density at radius 1 is 1.20 bits per heavy atom. The number of likely N-dealkylation sites (tertiary alicyclic amines) is 1. The van der Waals surface area contributed by atoms with Gasteiger partial charge in [0.25, 0.3) is 0 Å². The van der Waals surface area contributed by atoms with Gasteiger partial charge in [0.15, 0.2) is 11.6 Å². The highest BCUT2D eigenvalue weighted by atomic mass is 19.1. The van der Waals surface area contributed by atoms with Gasteiger partial charge < -0.3 is 14.5 Å². The summed E-state index contributed by atoms with van der Waals surface area (Å²) in [7, 11) is 0. The van der Waals surface area contributed by atoms with E-state index >= 15 is 0 Å². The first kappa shape index (κ1) is 16.7. The molecular formula is C18H23F2N3O2. The Morgan fingerprint density at radius 2 is 2.00 bits per heavy atom. The molecule has 0 bridgehead atoms. The molecule has 1 aromatic heterocycles. The molecule has 0 aliphatic carbocycles. The number of pyridine rings is 1. The first-order chi connectivity index (χ1) is 12.1. The fourth-order valence-corrected chi connectivity index (χ4v) is 4.52. The monoisotopic (exact) mass is 351 g/mol. The van der Waals surface area contributed by atoms with E-state index in [1.165, 1.54) is 0 Å². The summed E-state index contributed by atoms with van der Waals surface area (Å²) in [6.45, 7) is 3.27. The third-order valence-electron chi connectivity index (χ3n) is 5.84. The highest BCUT2D eigenvalue weighted by molar-refractivity contribution is 5.86. The summed E-state index contributed by atoms with van der Waals surface area (Å²) in [6.07, 6.45) is 5.24. The van der Waals surface area contributed by atoms with Crippen molar-refractivity contribution in [3.05, 3.63) is 23.9 Å². The van der Waals surface area contributed by atoms with Crippen LogP contribution in [0.2, 0.25) is 0 Å². The third-order valence-corrected chi connectivity index (χ3v) is 5.84. The van der Waals surface area contributed by atoms with Crippen molar-refractivity contribution in [3.63, 3.8) is 0 Å². The quantitative estimate of drug-likeness (QED) is 0.821. The number of hydrogen-bond acceptors (Lipinski definition) is 4. The van der Waals surface area contributed by atoms with Crippen molar-refractivity contribution in [3.8, 4) is 0 Å². The molecule has 5 nitrogen and oxygen atoms in total. The normalized spacial score (nSPS) is 28.2. The summed E-state index contributed by atoms with van der Waals surface area (Å²) < 4.78 is 32.7. The first-order valence-corrected chi connectivity index (χ1v) is 9.04. The molecule has 3 aliphatic heterocycles. The second-order valence-corrected chi connectivity index (χ2v) is 7.36. The predicted molar refractivity (Wildman–Crippen MR) is 88.2 cm³/mol. The lowest BCUT2D eigenvalue weighted by Crippen LogP contribution is -2.50. The van der Waals surface area contributed by atoms with Gasteiger partial charge in [-0.1, -0.05) is 0 Å². The van der Waals surface area contributed by atoms with Crippen LogP contribution in [-0.2, 0) is 9.53 Å². The molecule has 4 heterocycles. The molecule has 0 aromatic carbocycles. The van der Waals surface area contributed by atoms with E-state index in [1.807, 2.05) is 9.80 Å². The number of carbonyl (C=O) groups is 1. The summed E-state index contributed by atoms with van der Waals surface area (Å²) in [5.74, 6) is -1.01. The molecule has 0 saturated carbocycles. The van der Waals surface area contributed by atoms with Gasteiger partial charge in [-0.15, -0.1) is 0 Å². The number of anilines is 1. The summed E-state index contributed by atoms with van der Waals surface area (Å²) >= 11 is 0. The van der Waals surface area contributed by atoms with Crippen LogP contribution in [0.25, 0.3) is 0 Å². The largest absolute Gasteiger partial charge is 0.381 e. The lowest BCUT2D eigenvalue weighted by atomic mass is 9.78. The molecule has 1 aromatic rings. The van der Waals surface area contributed by atoms with E-state index in [9.17, 15) is 13.6 Å². The van der Waals surface area contributed by atoms with Crippen molar-refractivity contribution in [2.75, 3.05) is 37.7 Å². The van der Waals surface area contributed by atoms with Crippen LogP contribution < -0.4 is 4.90 Å². The van der Waals surface area contributed by atoms with E-state index in [-0.39, 0.29) is 17.8 Å². The first-order valence-electron chi connectivity index (χ1n) is 9.04. The summed E-state index contributed by atoms with van der Waals surface area (Å²) in [6, 6.07) is 1.12. The molecule has 4 rings (SSSR count). The van der Waals surface area contributed by atoms with Crippen LogP contribution in [0.5, 0.6) is 0 Å². The number of halogens is 2. The van der Waals surface area contributed by atoms with Crippen LogP contribution in [0, 0.1) is 17.0 Å². The number of hydrogen-bond donors (Lipinski definition) is 0. The number of amides is 1. The van der Waals surface area contributed by atoms with Crippen molar-refractivity contribution < 1.29 is 18.3 Å². The van der Waals surface area contributed by atoms with Crippen LogP contribution in [0.15, 0.2) is 12.3 Å². The molecule has 0 radical (unpaired) electrons. The number of nitrogens with zero attached hydrogens (tertiary/aromatic N) is 3. The second-order valence-electron chi connectivity index (χ2n) is 7.36. The smallest absolute Gasteiger partial charge is 0.230 e. The minimum atomic E-state index is -0.685. The molecule has 1 atom stereocenters. The molecule has 25 heavy (non-hydrogen) atoms. The maximum atomic E-state index is 14.1. The standard InChI is InChI=1S/C18H23F2N3O2/c19-13-10-15(20)16(21-11-13)22-6-1-4-18(12-22)5-7-23(17(18)24)14-2-8-25-9-3-14/h10-11,14H,1-9,12H2/t18-/m0/s1. The third kappa shape index (κ3) is 2.99. The highest BCUT2D eigenvalue weighted by Gasteiger charge is 2.50. The Bertz CT molecular complexity index is 666. The van der Waals surface area contributed by atoms with Crippen molar-refractivity contribution >= 4 is 11.7 Å². The highest BCUT2D eigenvalue weighted by Crippen LogP contribution is 2.42. The maximum absolute atomic E-state index is 14.1. The molecule has 7 heteroatoms. The van der Waals surface area contributed by atoms with Crippen molar-refractivity contribution in [2.45, 2.75) is 38.1 Å². The molecule has 3 saturated heterocycles. The Morgan fingerprint density at radius 3 is 2.76 bits per heavy atom. The Hall–Kier alpha value is -1.76. The van der Waals surface area contributed by atoms with E-state index in [0.29, 0.717) is 26.3 Å². The molecular weight excluding hydrogens is 328 g/mol. The number of piperidine rings is 1. The van der Waals surface area contributed by atoms with Gasteiger partial charge >= 0.3 is 0 Å². The number of rotatable bonds is 2. The zero-order valence-electron chi connectivity index (χ0n) is 14.2. The Balaban J connectivity index is 1.53. The van der Waals surface area contributed by atoms with Gasteiger partial charge in [-0.2, -0.15) is 0 Å². The summed E-state index contributed by atoms with van der Waals surface area (Å²) in [5, 5.41) is 0. The predicted octanol–water partition coefficient (Wildman–Crippen LogP) is 2.36. The average molecular weight is 351 g/mol. The van der Waals surface area contributed by atoms with Gasteiger partial charge in [0.2, 0.25) is 5.91 Å². The van der Waals surface area contributed by atoms with E-state index in [2.05, 4.69) is 4.98 Å². The number of aromatic nitrogens is 1. The Kier molecular flexibility index (Phi) is 4.35. The van der Waals surface area contributed by atoms with Crippen molar-refractivity contribution in [1.82, 2.24) is 9.88 Å². The minimum absolute atomic E-state index is 0.151. The van der Waals surface area contributed by atoms with E-state index < -0.39 is 17.0 Å². The van der Waals surface area contributed by atoms with Crippen LogP contribution in [0.4, 0.5) is 14.6 Å². The lowest BCUT2D eigenvalue weighted by Gasteiger charge is -2.40.